The quantitative estimate of drug-likeness (QED) is 0.559. The lowest BCUT2D eigenvalue weighted by Crippen LogP contribution is -2.08. The summed E-state index contributed by atoms with van der Waals surface area (Å²) in [5.74, 6) is 0. The minimum absolute atomic E-state index is 0.829. The van der Waals surface area contributed by atoms with Crippen LogP contribution in [0.15, 0.2) is 11.3 Å². The Hall–Kier alpha value is -0.640. The SMILES string of the molecule is CCN=c1sncn1C. The van der Waals surface area contributed by atoms with E-state index in [2.05, 4.69) is 9.37 Å². The molecule has 0 N–H and O–H groups in total. The second kappa shape index (κ2) is 2.77. The minimum atomic E-state index is 0.829. The van der Waals surface area contributed by atoms with Crippen LogP contribution in [0.1, 0.15) is 6.92 Å². The third kappa shape index (κ3) is 1.38. The zero-order valence-corrected chi connectivity index (χ0v) is 6.35. The van der Waals surface area contributed by atoms with E-state index in [-0.39, 0.29) is 0 Å². The molecule has 0 spiro atoms. The van der Waals surface area contributed by atoms with Crippen LogP contribution in [-0.4, -0.2) is 15.5 Å². The third-order valence-corrected chi connectivity index (χ3v) is 1.73. The van der Waals surface area contributed by atoms with Gasteiger partial charge in [0.2, 0.25) is 4.80 Å². The summed E-state index contributed by atoms with van der Waals surface area (Å²) in [6, 6.07) is 0. The van der Waals surface area contributed by atoms with Gasteiger partial charge in [-0.15, -0.1) is 0 Å². The Balaban J connectivity index is 3.07. The molecule has 50 valence electrons. The Morgan fingerprint density at radius 2 is 2.67 bits per heavy atom. The predicted octanol–water partition coefficient (Wildman–Crippen LogP) is 0.402. The van der Waals surface area contributed by atoms with Crippen LogP contribution in [0, 0.1) is 0 Å². The lowest BCUT2D eigenvalue weighted by Gasteiger charge is -1.83. The monoisotopic (exact) mass is 143 g/mol. The molecule has 0 atom stereocenters. The molecular weight excluding hydrogens is 134 g/mol. The fraction of sp³-hybridized carbons (Fsp3) is 0.600. The highest BCUT2D eigenvalue weighted by Crippen LogP contribution is 1.77. The molecule has 0 bridgehead atoms. The van der Waals surface area contributed by atoms with Gasteiger partial charge in [-0.3, -0.25) is 4.99 Å². The lowest BCUT2D eigenvalue weighted by molar-refractivity contribution is 0.838. The Kier molecular flexibility index (Phi) is 2.00. The van der Waals surface area contributed by atoms with Gasteiger partial charge in [-0.05, 0) is 6.92 Å². The summed E-state index contributed by atoms with van der Waals surface area (Å²) in [7, 11) is 1.94. The molecular formula is C5H9N3S. The number of nitrogens with zero attached hydrogens (tertiary/aromatic N) is 3. The van der Waals surface area contributed by atoms with Crippen molar-refractivity contribution in [2.24, 2.45) is 12.0 Å². The van der Waals surface area contributed by atoms with Gasteiger partial charge < -0.3 is 4.57 Å². The molecule has 9 heavy (non-hydrogen) atoms. The molecule has 1 aromatic rings. The van der Waals surface area contributed by atoms with E-state index in [9.17, 15) is 0 Å². The maximum absolute atomic E-state index is 4.19. The van der Waals surface area contributed by atoms with Gasteiger partial charge in [-0.1, -0.05) is 0 Å². The van der Waals surface area contributed by atoms with E-state index in [0.717, 1.165) is 11.3 Å². The fourth-order valence-corrected chi connectivity index (χ4v) is 1.18. The van der Waals surface area contributed by atoms with Crippen LogP contribution in [-0.2, 0) is 7.05 Å². The molecule has 0 unspecified atom stereocenters. The van der Waals surface area contributed by atoms with Gasteiger partial charge in [-0.2, -0.15) is 4.37 Å². The van der Waals surface area contributed by atoms with Crippen molar-refractivity contribution in [3.05, 3.63) is 11.1 Å². The van der Waals surface area contributed by atoms with Crippen LogP contribution in [0.2, 0.25) is 0 Å². The predicted molar refractivity (Wildman–Crippen MR) is 37.2 cm³/mol. The van der Waals surface area contributed by atoms with Crippen molar-refractivity contribution >= 4 is 11.5 Å². The van der Waals surface area contributed by atoms with E-state index in [1.165, 1.54) is 11.5 Å². The first-order chi connectivity index (χ1) is 4.34. The van der Waals surface area contributed by atoms with Gasteiger partial charge in [0, 0.05) is 25.1 Å². The number of hydrogen-bond donors (Lipinski definition) is 0. The normalized spacial score (nSPS) is 12.4. The number of rotatable bonds is 1. The van der Waals surface area contributed by atoms with Crippen molar-refractivity contribution in [2.45, 2.75) is 6.92 Å². The molecule has 1 heterocycles. The van der Waals surface area contributed by atoms with E-state index >= 15 is 0 Å². The summed E-state index contributed by atoms with van der Waals surface area (Å²) in [5, 5.41) is 0. The first-order valence-electron chi connectivity index (χ1n) is 2.82. The molecule has 4 heteroatoms. The van der Waals surface area contributed by atoms with Crippen LogP contribution in [0.4, 0.5) is 0 Å². The van der Waals surface area contributed by atoms with E-state index in [0.29, 0.717) is 0 Å². The molecule has 0 aliphatic carbocycles. The van der Waals surface area contributed by atoms with Gasteiger partial charge in [0.15, 0.2) is 0 Å². The van der Waals surface area contributed by atoms with Gasteiger partial charge in [0.05, 0.1) is 0 Å². The van der Waals surface area contributed by atoms with Gasteiger partial charge in [-0.25, -0.2) is 0 Å². The maximum Gasteiger partial charge on any atom is 0.203 e. The van der Waals surface area contributed by atoms with Crippen molar-refractivity contribution < 1.29 is 0 Å². The van der Waals surface area contributed by atoms with E-state index < -0.39 is 0 Å². The molecule has 1 rings (SSSR count). The average molecular weight is 143 g/mol. The van der Waals surface area contributed by atoms with Crippen molar-refractivity contribution in [3.8, 4) is 0 Å². The van der Waals surface area contributed by atoms with Crippen molar-refractivity contribution in [2.75, 3.05) is 6.54 Å². The van der Waals surface area contributed by atoms with Crippen molar-refractivity contribution in [1.82, 2.24) is 8.94 Å². The minimum Gasteiger partial charge on any atom is -0.310 e. The van der Waals surface area contributed by atoms with Crippen LogP contribution in [0.25, 0.3) is 0 Å². The topological polar surface area (TPSA) is 30.2 Å². The van der Waals surface area contributed by atoms with Gasteiger partial charge in [0.25, 0.3) is 0 Å². The largest absolute Gasteiger partial charge is 0.310 e. The highest BCUT2D eigenvalue weighted by Gasteiger charge is 1.84. The van der Waals surface area contributed by atoms with Crippen LogP contribution in [0.3, 0.4) is 0 Å². The second-order valence-electron chi connectivity index (χ2n) is 1.68. The highest BCUT2D eigenvalue weighted by atomic mass is 32.1. The smallest absolute Gasteiger partial charge is 0.203 e. The molecule has 1 aromatic heterocycles. The zero-order valence-electron chi connectivity index (χ0n) is 5.53. The summed E-state index contributed by atoms with van der Waals surface area (Å²) >= 11 is 1.42. The Labute approximate surface area is 57.9 Å². The molecule has 0 aliphatic heterocycles. The first-order valence-corrected chi connectivity index (χ1v) is 3.59. The lowest BCUT2D eigenvalue weighted by atomic mass is 10.8. The molecule has 0 fully saturated rings. The molecule has 0 radical (unpaired) electrons. The number of aryl methyl sites for hydroxylation is 1. The Morgan fingerprint density at radius 3 is 3.11 bits per heavy atom. The average Bonchev–Trinajstić information content (AvgIpc) is 2.18. The molecule has 0 saturated carbocycles. The van der Waals surface area contributed by atoms with Crippen LogP contribution in [0.5, 0.6) is 0 Å². The third-order valence-electron chi connectivity index (χ3n) is 0.950. The second-order valence-corrected chi connectivity index (χ2v) is 2.44. The molecule has 0 aromatic carbocycles. The summed E-state index contributed by atoms with van der Waals surface area (Å²) in [5.41, 5.74) is 0. The molecule has 0 aliphatic rings. The summed E-state index contributed by atoms with van der Waals surface area (Å²) < 4.78 is 5.86. The standard InChI is InChI=1S/C5H9N3S/c1-3-6-5-8(2)4-7-9-5/h4H,3H2,1-2H3. The summed E-state index contributed by atoms with van der Waals surface area (Å²) in [6.07, 6.45) is 1.76. The Morgan fingerprint density at radius 1 is 1.89 bits per heavy atom. The van der Waals surface area contributed by atoms with Gasteiger partial charge >= 0.3 is 0 Å². The van der Waals surface area contributed by atoms with Crippen LogP contribution < -0.4 is 4.80 Å². The van der Waals surface area contributed by atoms with Crippen molar-refractivity contribution in [1.29, 1.82) is 0 Å². The van der Waals surface area contributed by atoms with Gasteiger partial charge in [0.1, 0.15) is 6.33 Å². The first kappa shape index (κ1) is 6.48. The summed E-state index contributed by atoms with van der Waals surface area (Å²) in [4.78, 5) is 5.17. The fourth-order valence-electron chi connectivity index (χ4n) is 0.531. The summed E-state index contributed by atoms with van der Waals surface area (Å²) in [6.45, 7) is 2.84. The zero-order chi connectivity index (χ0) is 6.69. The van der Waals surface area contributed by atoms with E-state index in [1.54, 1.807) is 6.33 Å². The highest BCUT2D eigenvalue weighted by molar-refractivity contribution is 7.02. The molecule has 0 saturated heterocycles. The maximum atomic E-state index is 4.19. The Bertz CT molecular complexity index is 234. The number of hydrogen-bond acceptors (Lipinski definition) is 3. The van der Waals surface area contributed by atoms with Crippen molar-refractivity contribution in [3.63, 3.8) is 0 Å². The molecule has 3 nitrogen and oxygen atoms in total. The van der Waals surface area contributed by atoms with E-state index in [1.807, 2.05) is 18.5 Å². The van der Waals surface area contributed by atoms with E-state index in [4.69, 9.17) is 0 Å². The molecule has 0 amide bonds. The number of aromatic nitrogens is 2. The van der Waals surface area contributed by atoms with Crippen LogP contribution >= 0.6 is 11.5 Å².